The maximum absolute atomic E-state index is 5.52. The van der Waals surface area contributed by atoms with E-state index in [1.807, 2.05) is 13.8 Å². The smallest absolute Gasteiger partial charge is 0.335 e. The Morgan fingerprint density at radius 2 is 1.69 bits per heavy atom. The van der Waals surface area contributed by atoms with Gasteiger partial charge in [0.25, 0.3) is 0 Å². The third-order valence-corrected chi connectivity index (χ3v) is 3.76. The molecule has 0 bridgehead atoms. The van der Waals surface area contributed by atoms with Crippen molar-refractivity contribution in [2.75, 3.05) is 25.9 Å². The molecule has 0 saturated carbocycles. The molecule has 80 valence electrons. The van der Waals surface area contributed by atoms with E-state index >= 15 is 0 Å². The summed E-state index contributed by atoms with van der Waals surface area (Å²) in [6, 6.07) is 0. The van der Waals surface area contributed by atoms with Crippen molar-refractivity contribution in [3.05, 3.63) is 0 Å². The Bertz CT molecular complexity index is 97.6. The summed E-state index contributed by atoms with van der Waals surface area (Å²) in [5.41, 5.74) is 0. The molecule has 0 aliphatic rings. The zero-order valence-electron chi connectivity index (χ0n) is 9.14. The van der Waals surface area contributed by atoms with Gasteiger partial charge in [0.15, 0.2) is 0 Å². The van der Waals surface area contributed by atoms with Crippen molar-refractivity contribution in [2.24, 2.45) is 0 Å². The van der Waals surface area contributed by atoms with E-state index in [0.717, 1.165) is 25.9 Å². The molecule has 0 aromatic carbocycles. The van der Waals surface area contributed by atoms with Crippen LogP contribution in [-0.2, 0) is 8.85 Å². The van der Waals surface area contributed by atoms with Gasteiger partial charge in [0.2, 0.25) is 0 Å². The van der Waals surface area contributed by atoms with Crippen LogP contribution >= 0.6 is 0 Å². The second kappa shape index (κ2) is 10.2. The Balaban J connectivity index is 3.33. The van der Waals surface area contributed by atoms with Gasteiger partial charge >= 0.3 is 9.28 Å². The van der Waals surface area contributed by atoms with Crippen molar-refractivity contribution in [2.45, 2.75) is 33.6 Å². The first-order valence-electron chi connectivity index (χ1n) is 5.29. The molecular formula is C9H23NO2Si. The highest BCUT2D eigenvalue weighted by atomic mass is 28.3. The first-order chi connectivity index (χ1) is 6.35. The molecule has 0 fully saturated rings. The molecule has 0 aromatic rings. The van der Waals surface area contributed by atoms with Gasteiger partial charge in [-0.1, -0.05) is 13.3 Å². The van der Waals surface area contributed by atoms with E-state index < -0.39 is 9.28 Å². The van der Waals surface area contributed by atoms with E-state index in [-0.39, 0.29) is 0 Å². The predicted octanol–water partition coefficient (Wildman–Crippen LogP) is 1.21. The van der Waals surface area contributed by atoms with Crippen LogP contribution in [-0.4, -0.2) is 35.2 Å². The molecule has 0 aliphatic carbocycles. The summed E-state index contributed by atoms with van der Waals surface area (Å²) in [4.78, 5) is 0. The van der Waals surface area contributed by atoms with Crippen molar-refractivity contribution in [1.29, 1.82) is 0 Å². The lowest BCUT2D eigenvalue weighted by atomic mass is 10.3. The fourth-order valence-corrected chi connectivity index (χ4v) is 2.57. The number of hydrogen-bond acceptors (Lipinski definition) is 3. The van der Waals surface area contributed by atoms with Gasteiger partial charge in [-0.05, 0) is 26.8 Å². The van der Waals surface area contributed by atoms with Crippen LogP contribution in [0.3, 0.4) is 0 Å². The molecule has 1 N–H and O–H groups in total. The Labute approximate surface area is 83.7 Å². The van der Waals surface area contributed by atoms with E-state index in [1.54, 1.807) is 0 Å². The summed E-state index contributed by atoms with van der Waals surface area (Å²) < 4.78 is 11.0. The lowest BCUT2D eigenvalue weighted by Crippen LogP contribution is -2.36. The summed E-state index contributed by atoms with van der Waals surface area (Å²) in [6.45, 7) is 8.86. The molecule has 3 nitrogen and oxygen atoms in total. The first-order valence-corrected chi connectivity index (χ1v) is 7.04. The van der Waals surface area contributed by atoms with E-state index in [2.05, 4.69) is 12.2 Å². The molecule has 0 unspecified atom stereocenters. The third-order valence-electron chi connectivity index (χ3n) is 1.72. The second-order valence-electron chi connectivity index (χ2n) is 2.90. The van der Waals surface area contributed by atoms with Crippen LogP contribution in [0.2, 0.25) is 0 Å². The molecule has 0 spiro atoms. The molecule has 0 heterocycles. The summed E-state index contributed by atoms with van der Waals surface area (Å²) in [6.07, 6.45) is 3.41. The molecule has 0 aliphatic heterocycles. The lowest BCUT2D eigenvalue weighted by molar-refractivity contribution is 0.212. The highest BCUT2D eigenvalue weighted by Gasteiger charge is 2.10. The Morgan fingerprint density at radius 3 is 2.15 bits per heavy atom. The Morgan fingerprint density at radius 1 is 1.08 bits per heavy atom. The SMILES string of the molecule is CCCCNC[SiH](OCC)OCC. The van der Waals surface area contributed by atoms with Gasteiger partial charge in [0.1, 0.15) is 0 Å². The predicted molar refractivity (Wildman–Crippen MR) is 58.2 cm³/mol. The van der Waals surface area contributed by atoms with Crippen molar-refractivity contribution in [3.63, 3.8) is 0 Å². The van der Waals surface area contributed by atoms with Crippen molar-refractivity contribution < 1.29 is 8.85 Å². The minimum absolute atomic E-state index is 0.770. The second-order valence-corrected chi connectivity index (χ2v) is 4.83. The minimum Gasteiger partial charge on any atom is -0.396 e. The number of rotatable bonds is 9. The van der Waals surface area contributed by atoms with Gasteiger partial charge in [-0.3, -0.25) is 0 Å². The van der Waals surface area contributed by atoms with Crippen molar-refractivity contribution in [1.82, 2.24) is 5.32 Å². The van der Waals surface area contributed by atoms with Crippen LogP contribution in [0.15, 0.2) is 0 Å². The van der Waals surface area contributed by atoms with Crippen LogP contribution in [0.25, 0.3) is 0 Å². The van der Waals surface area contributed by atoms with Crippen molar-refractivity contribution in [3.8, 4) is 0 Å². The Kier molecular flexibility index (Phi) is 10.3. The molecule has 0 atom stereocenters. The largest absolute Gasteiger partial charge is 0.396 e. The maximum atomic E-state index is 5.52. The van der Waals surface area contributed by atoms with E-state index in [0.29, 0.717) is 0 Å². The summed E-state index contributed by atoms with van der Waals surface area (Å²) in [5.74, 6) is 0. The van der Waals surface area contributed by atoms with Crippen molar-refractivity contribution >= 4 is 9.28 Å². The molecule has 0 radical (unpaired) electrons. The van der Waals surface area contributed by atoms with E-state index in [9.17, 15) is 0 Å². The van der Waals surface area contributed by atoms with Gasteiger partial charge in [-0.15, -0.1) is 0 Å². The molecule has 0 amide bonds. The van der Waals surface area contributed by atoms with Crippen LogP contribution in [0.4, 0.5) is 0 Å². The lowest BCUT2D eigenvalue weighted by Gasteiger charge is -2.15. The van der Waals surface area contributed by atoms with Gasteiger partial charge in [0.05, 0.1) is 0 Å². The van der Waals surface area contributed by atoms with E-state index in [1.165, 1.54) is 12.8 Å². The zero-order valence-corrected chi connectivity index (χ0v) is 10.3. The zero-order chi connectivity index (χ0) is 9.94. The number of nitrogens with one attached hydrogen (secondary N) is 1. The molecule has 0 saturated heterocycles. The Hall–Kier alpha value is 0.0969. The first kappa shape index (κ1) is 13.1. The molecular weight excluding hydrogens is 182 g/mol. The normalized spacial score (nSPS) is 11.1. The van der Waals surface area contributed by atoms with Gasteiger partial charge < -0.3 is 14.2 Å². The highest BCUT2D eigenvalue weighted by molar-refractivity contribution is 6.44. The topological polar surface area (TPSA) is 30.5 Å². The minimum atomic E-state index is -1.39. The van der Waals surface area contributed by atoms with Gasteiger partial charge in [-0.25, -0.2) is 0 Å². The quantitative estimate of drug-likeness (QED) is 0.453. The number of unbranched alkanes of at least 4 members (excludes halogenated alkanes) is 1. The van der Waals surface area contributed by atoms with Crippen LogP contribution in [0.5, 0.6) is 0 Å². The van der Waals surface area contributed by atoms with E-state index in [4.69, 9.17) is 8.85 Å². The fourth-order valence-electron chi connectivity index (χ4n) is 1.06. The molecule has 0 aromatic heterocycles. The molecule has 0 rings (SSSR count). The monoisotopic (exact) mass is 205 g/mol. The molecule has 13 heavy (non-hydrogen) atoms. The average Bonchev–Trinajstić information content (AvgIpc) is 2.13. The van der Waals surface area contributed by atoms with Crippen LogP contribution in [0, 0.1) is 0 Å². The summed E-state index contributed by atoms with van der Waals surface area (Å²) in [5, 5.41) is 3.37. The van der Waals surface area contributed by atoms with Gasteiger partial charge in [0, 0.05) is 19.4 Å². The molecule has 4 heteroatoms. The average molecular weight is 205 g/mol. The van der Waals surface area contributed by atoms with Crippen LogP contribution < -0.4 is 5.32 Å². The summed E-state index contributed by atoms with van der Waals surface area (Å²) in [7, 11) is -1.39. The number of hydrogen-bond donors (Lipinski definition) is 1. The van der Waals surface area contributed by atoms with Crippen LogP contribution in [0.1, 0.15) is 33.6 Å². The maximum Gasteiger partial charge on any atom is 0.335 e. The third kappa shape index (κ3) is 8.43. The standard InChI is InChI=1S/C9H23NO2Si/c1-4-7-8-10-9-13(11-5-2)12-6-3/h10,13H,4-9H2,1-3H3. The fraction of sp³-hybridized carbons (Fsp3) is 1.00. The highest BCUT2D eigenvalue weighted by Crippen LogP contribution is 1.89. The van der Waals surface area contributed by atoms with Gasteiger partial charge in [-0.2, -0.15) is 0 Å². The summed E-state index contributed by atoms with van der Waals surface area (Å²) >= 11 is 0.